The molecular formula is C24H37NO4. The summed E-state index contributed by atoms with van der Waals surface area (Å²) in [5.41, 5.74) is 3.15. The van der Waals surface area contributed by atoms with Crippen molar-refractivity contribution in [2.24, 2.45) is 16.7 Å². The maximum absolute atomic E-state index is 10.7. The second-order valence-electron chi connectivity index (χ2n) is 10.0. The van der Waals surface area contributed by atoms with Crippen LogP contribution < -0.4 is 9.47 Å². The first-order valence-corrected chi connectivity index (χ1v) is 11.0. The molecule has 2 aliphatic carbocycles. The molecule has 3 aliphatic rings. The van der Waals surface area contributed by atoms with Crippen molar-refractivity contribution in [1.82, 2.24) is 4.90 Å². The Bertz CT molecular complexity index is 749. The van der Waals surface area contributed by atoms with Crippen LogP contribution in [0.4, 0.5) is 0 Å². The summed E-state index contributed by atoms with van der Waals surface area (Å²) >= 11 is 0. The van der Waals surface area contributed by atoms with Crippen molar-refractivity contribution in [3.63, 3.8) is 0 Å². The maximum atomic E-state index is 10.7. The molecule has 0 saturated heterocycles. The molecule has 4 rings (SSSR count). The zero-order valence-corrected chi connectivity index (χ0v) is 18.7. The summed E-state index contributed by atoms with van der Waals surface area (Å²) in [5, 5.41) is 10.7. The number of methoxy groups -OCH3 is 2. The molecule has 2 saturated carbocycles. The molecule has 5 nitrogen and oxygen atoms in total. The minimum atomic E-state index is -0.456. The van der Waals surface area contributed by atoms with Crippen LogP contribution in [0.15, 0.2) is 12.1 Å². The number of ether oxygens (including phenoxy) is 3. The Hall–Kier alpha value is -1.30. The summed E-state index contributed by atoms with van der Waals surface area (Å²) in [7, 11) is 3.34. The van der Waals surface area contributed by atoms with E-state index in [1.165, 1.54) is 24.0 Å². The molecule has 0 aromatic heterocycles. The van der Waals surface area contributed by atoms with Crippen LogP contribution in [0.3, 0.4) is 0 Å². The molecule has 1 aliphatic heterocycles. The lowest BCUT2D eigenvalue weighted by molar-refractivity contribution is -0.0798. The Labute approximate surface area is 175 Å². The van der Waals surface area contributed by atoms with E-state index in [4.69, 9.17) is 14.2 Å². The van der Waals surface area contributed by atoms with Crippen molar-refractivity contribution >= 4 is 0 Å². The van der Waals surface area contributed by atoms with E-state index in [-0.39, 0.29) is 11.5 Å². The summed E-state index contributed by atoms with van der Waals surface area (Å²) in [6.45, 7) is 10.0. The lowest BCUT2D eigenvalue weighted by Gasteiger charge is -2.39. The molecule has 0 amide bonds. The third kappa shape index (κ3) is 3.55. The van der Waals surface area contributed by atoms with Gasteiger partial charge in [0, 0.05) is 19.6 Å². The first kappa shape index (κ1) is 21.0. The second-order valence-corrected chi connectivity index (χ2v) is 10.0. The monoisotopic (exact) mass is 403 g/mol. The van der Waals surface area contributed by atoms with E-state index in [0.29, 0.717) is 18.6 Å². The van der Waals surface area contributed by atoms with E-state index >= 15 is 0 Å². The molecule has 162 valence electrons. The summed E-state index contributed by atoms with van der Waals surface area (Å²) in [4.78, 5) is 2.31. The van der Waals surface area contributed by atoms with E-state index in [9.17, 15) is 5.11 Å². The van der Waals surface area contributed by atoms with Gasteiger partial charge in [-0.05, 0) is 65.7 Å². The van der Waals surface area contributed by atoms with Gasteiger partial charge in [-0.15, -0.1) is 0 Å². The van der Waals surface area contributed by atoms with Crippen LogP contribution in [0.2, 0.25) is 0 Å². The topological polar surface area (TPSA) is 51.2 Å². The normalized spacial score (nSPS) is 31.5. The predicted octanol–water partition coefficient (Wildman–Crippen LogP) is 3.65. The molecule has 2 fully saturated rings. The van der Waals surface area contributed by atoms with Crippen molar-refractivity contribution in [2.75, 3.05) is 33.9 Å². The number of nitrogens with zero attached hydrogens (tertiary/aromatic N) is 1. The first-order chi connectivity index (χ1) is 13.8. The molecule has 2 bridgehead atoms. The molecule has 0 radical (unpaired) electrons. The van der Waals surface area contributed by atoms with Crippen LogP contribution >= 0.6 is 0 Å². The van der Waals surface area contributed by atoms with Gasteiger partial charge in [-0.25, -0.2) is 0 Å². The minimum Gasteiger partial charge on any atom is -0.493 e. The van der Waals surface area contributed by atoms with Gasteiger partial charge in [-0.2, -0.15) is 0 Å². The summed E-state index contributed by atoms with van der Waals surface area (Å²) < 4.78 is 17.2. The van der Waals surface area contributed by atoms with Crippen molar-refractivity contribution in [3.05, 3.63) is 23.3 Å². The fraction of sp³-hybridized carbons (Fsp3) is 0.750. The molecule has 1 aromatic carbocycles. The highest BCUT2D eigenvalue weighted by molar-refractivity contribution is 5.48. The average Bonchev–Trinajstić information content (AvgIpc) is 3.04. The third-order valence-corrected chi connectivity index (χ3v) is 8.47. The number of benzene rings is 1. The van der Waals surface area contributed by atoms with E-state index in [2.05, 4.69) is 37.8 Å². The van der Waals surface area contributed by atoms with Crippen molar-refractivity contribution in [1.29, 1.82) is 0 Å². The van der Waals surface area contributed by atoms with Gasteiger partial charge in [-0.1, -0.05) is 20.8 Å². The Morgan fingerprint density at radius 2 is 1.83 bits per heavy atom. The molecule has 1 aromatic rings. The third-order valence-electron chi connectivity index (χ3n) is 8.47. The summed E-state index contributed by atoms with van der Waals surface area (Å²) in [6, 6.07) is 4.16. The Morgan fingerprint density at radius 3 is 2.41 bits per heavy atom. The molecule has 0 spiro atoms. The summed E-state index contributed by atoms with van der Waals surface area (Å²) in [6.07, 6.45) is 4.51. The summed E-state index contributed by atoms with van der Waals surface area (Å²) in [5.74, 6) is 2.32. The van der Waals surface area contributed by atoms with Gasteiger partial charge in [0.25, 0.3) is 0 Å². The van der Waals surface area contributed by atoms with Gasteiger partial charge in [0.15, 0.2) is 11.5 Å². The lowest BCUT2D eigenvalue weighted by Crippen LogP contribution is -2.41. The van der Waals surface area contributed by atoms with E-state index in [0.717, 1.165) is 43.3 Å². The van der Waals surface area contributed by atoms with Crippen LogP contribution in [0.25, 0.3) is 0 Å². The fourth-order valence-electron chi connectivity index (χ4n) is 6.06. The Morgan fingerprint density at radius 1 is 1.14 bits per heavy atom. The van der Waals surface area contributed by atoms with Crippen LogP contribution in [-0.4, -0.2) is 56.1 Å². The number of β-amino-alcohol motifs (C(OH)–C–C–N with tert-alkyl or cyclic N) is 1. The number of aliphatic hydroxyl groups excluding tert-OH is 1. The van der Waals surface area contributed by atoms with Gasteiger partial charge in [0.2, 0.25) is 0 Å². The lowest BCUT2D eigenvalue weighted by atomic mass is 9.70. The minimum absolute atomic E-state index is 0.247. The molecule has 0 unspecified atom stereocenters. The quantitative estimate of drug-likeness (QED) is 0.753. The maximum Gasteiger partial charge on any atom is 0.161 e. The largest absolute Gasteiger partial charge is 0.493 e. The average molecular weight is 404 g/mol. The first-order valence-electron chi connectivity index (χ1n) is 11.0. The number of aliphatic hydroxyl groups is 1. The second kappa shape index (κ2) is 7.75. The van der Waals surface area contributed by atoms with Crippen LogP contribution in [0, 0.1) is 16.7 Å². The van der Waals surface area contributed by atoms with Gasteiger partial charge in [-0.3, -0.25) is 4.90 Å². The van der Waals surface area contributed by atoms with Gasteiger partial charge in [0.1, 0.15) is 0 Å². The van der Waals surface area contributed by atoms with Crippen molar-refractivity contribution in [3.8, 4) is 11.5 Å². The number of hydrogen-bond donors (Lipinski definition) is 1. The Balaban J connectivity index is 1.32. The van der Waals surface area contributed by atoms with Crippen LogP contribution in [-0.2, 0) is 17.7 Å². The van der Waals surface area contributed by atoms with Crippen LogP contribution in [0.1, 0.15) is 51.2 Å². The van der Waals surface area contributed by atoms with E-state index < -0.39 is 6.10 Å². The van der Waals surface area contributed by atoms with Crippen LogP contribution in [0.5, 0.6) is 11.5 Å². The van der Waals surface area contributed by atoms with Gasteiger partial charge in [0.05, 0.1) is 33.0 Å². The SMILES string of the molecule is COc1cc2c(cc1OC)CN(C[C@@H](O)CO[C@@H]1C[C@H]3CC[C@@]1(C)C3(C)C)CC2. The zero-order chi connectivity index (χ0) is 20.8. The Kier molecular flexibility index (Phi) is 5.60. The highest BCUT2D eigenvalue weighted by atomic mass is 16.5. The smallest absolute Gasteiger partial charge is 0.161 e. The molecule has 1 N–H and O–H groups in total. The number of fused-ring (bicyclic) bond motifs is 3. The number of rotatable bonds is 7. The molecular weight excluding hydrogens is 366 g/mol. The fourth-order valence-corrected chi connectivity index (χ4v) is 6.06. The van der Waals surface area contributed by atoms with E-state index in [1.807, 2.05) is 0 Å². The van der Waals surface area contributed by atoms with Crippen molar-refractivity contribution in [2.45, 2.75) is 65.2 Å². The molecule has 29 heavy (non-hydrogen) atoms. The van der Waals surface area contributed by atoms with Gasteiger partial charge < -0.3 is 19.3 Å². The standard InChI is InChI=1S/C24H37NO4/c1-23(2)18-6-8-24(23,3)22(12-18)29-15-19(26)14-25-9-7-16-10-20(27-4)21(28-5)11-17(16)13-25/h10-11,18-19,22,26H,6-9,12-15H2,1-5H3/t18-,19-,22-,24-/m1/s1. The zero-order valence-electron chi connectivity index (χ0n) is 18.7. The molecule has 4 atom stereocenters. The highest BCUT2D eigenvalue weighted by Gasteiger charge is 2.61. The predicted molar refractivity (Wildman–Crippen MR) is 114 cm³/mol. The van der Waals surface area contributed by atoms with Gasteiger partial charge >= 0.3 is 0 Å². The van der Waals surface area contributed by atoms with E-state index in [1.54, 1.807) is 14.2 Å². The highest BCUT2D eigenvalue weighted by Crippen LogP contribution is 2.66. The molecule has 1 heterocycles. The molecule has 5 heteroatoms. The number of hydrogen-bond acceptors (Lipinski definition) is 5. The van der Waals surface area contributed by atoms with Crippen molar-refractivity contribution < 1.29 is 19.3 Å².